The molecule has 5 heteroatoms. The number of nitrogens with one attached hydrogen (secondary N) is 1. The SMILES string of the molecule is Cc1c(CC(=O)NC(C)CO)c2c(n1C1CCCCC1)CC(C)(C)CC2=O. The van der Waals surface area contributed by atoms with Crippen molar-refractivity contribution in [2.75, 3.05) is 6.61 Å². The lowest BCUT2D eigenvalue weighted by atomic mass is 9.75. The Kier molecular flexibility index (Phi) is 5.80. The Morgan fingerprint density at radius 2 is 1.93 bits per heavy atom. The highest BCUT2D eigenvalue weighted by atomic mass is 16.3. The van der Waals surface area contributed by atoms with Gasteiger partial charge in [0.05, 0.1) is 13.0 Å². The summed E-state index contributed by atoms with van der Waals surface area (Å²) < 4.78 is 2.41. The van der Waals surface area contributed by atoms with Crippen molar-refractivity contribution in [3.63, 3.8) is 0 Å². The summed E-state index contributed by atoms with van der Waals surface area (Å²) in [6, 6.07) is 0.172. The van der Waals surface area contributed by atoms with Crippen molar-refractivity contribution in [1.82, 2.24) is 9.88 Å². The first-order chi connectivity index (χ1) is 12.7. The molecule has 1 aromatic rings. The van der Waals surface area contributed by atoms with Gasteiger partial charge in [0.25, 0.3) is 0 Å². The van der Waals surface area contributed by atoms with Crippen molar-refractivity contribution < 1.29 is 14.7 Å². The first-order valence-corrected chi connectivity index (χ1v) is 10.4. The Morgan fingerprint density at radius 3 is 2.56 bits per heavy atom. The molecule has 2 aliphatic rings. The van der Waals surface area contributed by atoms with E-state index in [9.17, 15) is 14.7 Å². The van der Waals surface area contributed by atoms with Crippen molar-refractivity contribution in [1.29, 1.82) is 0 Å². The molecule has 1 atom stereocenters. The fourth-order valence-electron chi connectivity index (χ4n) is 4.95. The molecule has 0 spiro atoms. The smallest absolute Gasteiger partial charge is 0.224 e. The molecule has 0 saturated heterocycles. The molecule has 1 amide bonds. The number of hydrogen-bond donors (Lipinski definition) is 2. The van der Waals surface area contributed by atoms with Crippen LogP contribution in [-0.2, 0) is 17.6 Å². The van der Waals surface area contributed by atoms with Crippen LogP contribution in [0.1, 0.15) is 92.6 Å². The van der Waals surface area contributed by atoms with Crippen molar-refractivity contribution in [2.45, 2.75) is 91.1 Å². The van der Waals surface area contributed by atoms with E-state index < -0.39 is 0 Å². The van der Waals surface area contributed by atoms with E-state index in [1.54, 1.807) is 6.92 Å². The number of carbonyl (C=O) groups is 2. The lowest BCUT2D eigenvalue weighted by Crippen LogP contribution is -2.36. The summed E-state index contributed by atoms with van der Waals surface area (Å²) in [7, 11) is 0. The van der Waals surface area contributed by atoms with Crippen LogP contribution < -0.4 is 5.32 Å². The van der Waals surface area contributed by atoms with Crippen molar-refractivity contribution in [3.05, 3.63) is 22.5 Å². The number of fused-ring (bicyclic) bond motifs is 1. The number of aromatic nitrogens is 1. The Hall–Kier alpha value is -1.62. The van der Waals surface area contributed by atoms with Crippen LogP contribution in [0.25, 0.3) is 0 Å². The topological polar surface area (TPSA) is 71.3 Å². The summed E-state index contributed by atoms with van der Waals surface area (Å²) in [6.45, 7) is 8.10. The minimum atomic E-state index is -0.274. The fraction of sp³-hybridized carbons (Fsp3) is 0.727. The summed E-state index contributed by atoms with van der Waals surface area (Å²) in [4.78, 5) is 25.5. The summed E-state index contributed by atoms with van der Waals surface area (Å²) in [5, 5.41) is 12.0. The predicted molar refractivity (Wildman–Crippen MR) is 106 cm³/mol. The van der Waals surface area contributed by atoms with Crippen LogP contribution in [0, 0.1) is 12.3 Å². The normalized spacial score (nSPS) is 21.0. The zero-order valence-electron chi connectivity index (χ0n) is 17.2. The third-order valence-electron chi connectivity index (χ3n) is 6.20. The number of rotatable bonds is 5. The van der Waals surface area contributed by atoms with Gasteiger partial charge in [-0.1, -0.05) is 33.1 Å². The van der Waals surface area contributed by atoms with Crippen LogP contribution in [0.2, 0.25) is 0 Å². The summed E-state index contributed by atoms with van der Waals surface area (Å²) >= 11 is 0. The summed E-state index contributed by atoms with van der Waals surface area (Å²) in [5.41, 5.74) is 3.91. The molecule has 1 heterocycles. The lowest BCUT2D eigenvalue weighted by molar-refractivity contribution is -0.121. The third-order valence-corrected chi connectivity index (χ3v) is 6.20. The van der Waals surface area contributed by atoms with Crippen LogP contribution >= 0.6 is 0 Å². The minimum absolute atomic E-state index is 0.0355. The molecule has 0 bridgehead atoms. The summed E-state index contributed by atoms with van der Waals surface area (Å²) in [6.07, 6.45) is 7.71. The van der Waals surface area contributed by atoms with Crippen molar-refractivity contribution in [2.24, 2.45) is 5.41 Å². The molecule has 0 aliphatic heterocycles. The quantitative estimate of drug-likeness (QED) is 0.829. The minimum Gasteiger partial charge on any atom is -0.394 e. The molecule has 5 nitrogen and oxygen atoms in total. The highest BCUT2D eigenvalue weighted by molar-refractivity contribution is 6.01. The Morgan fingerprint density at radius 1 is 1.26 bits per heavy atom. The molecule has 2 N–H and O–H groups in total. The van der Waals surface area contributed by atoms with Gasteiger partial charge >= 0.3 is 0 Å². The summed E-state index contributed by atoms with van der Waals surface area (Å²) in [5.74, 6) is 0.0535. The maximum atomic E-state index is 13.0. The van der Waals surface area contributed by atoms with Gasteiger partial charge in [0.2, 0.25) is 5.91 Å². The molecule has 3 rings (SSSR count). The number of ketones is 1. The van der Waals surface area contributed by atoms with Gasteiger partial charge in [-0.15, -0.1) is 0 Å². The molecule has 27 heavy (non-hydrogen) atoms. The van der Waals surface area contributed by atoms with Gasteiger partial charge < -0.3 is 15.0 Å². The number of amides is 1. The van der Waals surface area contributed by atoms with Crippen molar-refractivity contribution in [3.8, 4) is 0 Å². The monoisotopic (exact) mass is 374 g/mol. The van der Waals surface area contributed by atoms with E-state index in [1.165, 1.54) is 19.3 Å². The standard InChI is InChI=1S/C22H34N2O3/c1-14(13-25)23-20(27)10-17-15(2)24(16-8-6-5-7-9-16)18-11-22(3,4)12-19(26)21(17)18/h14,16,25H,5-13H2,1-4H3,(H,23,27). The molecule has 0 radical (unpaired) electrons. The molecule has 2 aliphatic carbocycles. The number of carbonyl (C=O) groups excluding carboxylic acids is 2. The first kappa shape index (κ1) is 20.1. The molecular formula is C22H34N2O3. The van der Waals surface area contributed by atoms with Gasteiger partial charge in [0.1, 0.15) is 0 Å². The van der Waals surface area contributed by atoms with Crippen molar-refractivity contribution >= 4 is 11.7 Å². The lowest BCUT2D eigenvalue weighted by Gasteiger charge is -2.33. The van der Waals surface area contributed by atoms with E-state index in [2.05, 4.69) is 30.7 Å². The maximum absolute atomic E-state index is 13.0. The largest absolute Gasteiger partial charge is 0.394 e. The second kappa shape index (κ2) is 7.78. The number of nitrogens with zero attached hydrogens (tertiary/aromatic N) is 1. The Bertz CT molecular complexity index is 726. The average Bonchev–Trinajstić information content (AvgIpc) is 2.86. The zero-order chi connectivity index (χ0) is 19.8. The van der Waals surface area contributed by atoms with Crippen LogP contribution in [0.15, 0.2) is 0 Å². The number of Topliss-reactive ketones (excluding diaryl/α,β-unsaturated/α-hetero) is 1. The fourth-order valence-corrected chi connectivity index (χ4v) is 4.95. The van der Waals surface area contributed by atoms with Gasteiger partial charge in [0.15, 0.2) is 5.78 Å². The molecule has 150 valence electrons. The van der Waals surface area contributed by atoms with E-state index in [4.69, 9.17) is 0 Å². The predicted octanol–water partition coefficient (Wildman–Crippen LogP) is 3.50. The van der Waals surface area contributed by atoms with Gasteiger partial charge in [-0.05, 0) is 44.1 Å². The van der Waals surface area contributed by atoms with E-state index in [0.717, 1.165) is 41.8 Å². The van der Waals surface area contributed by atoms with Crippen LogP contribution in [0.4, 0.5) is 0 Å². The van der Waals surface area contributed by atoms with Gasteiger partial charge in [-0.2, -0.15) is 0 Å². The highest BCUT2D eigenvalue weighted by Crippen LogP contribution is 2.42. The van der Waals surface area contributed by atoms with E-state index in [0.29, 0.717) is 12.5 Å². The number of aliphatic hydroxyl groups excluding tert-OH is 1. The second-order valence-electron chi connectivity index (χ2n) is 9.32. The number of aliphatic hydroxyl groups is 1. The molecule has 1 saturated carbocycles. The molecular weight excluding hydrogens is 340 g/mol. The Labute approximate surface area is 162 Å². The number of hydrogen-bond acceptors (Lipinski definition) is 3. The average molecular weight is 375 g/mol. The molecule has 1 fully saturated rings. The third kappa shape index (κ3) is 4.13. The first-order valence-electron chi connectivity index (χ1n) is 10.4. The van der Waals surface area contributed by atoms with Crippen LogP contribution in [0.5, 0.6) is 0 Å². The zero-order valence-corrected chi connectivity index (χ0v) is 17.2. The van der Waals surface area contributed by atoms with Crippen LogP contribution in [-0.4, -0.2) is 34.0 Å². The van der Waals surface area contributed by atoms with Gasteiger partial charge in [0, 0.05) is 35.5 Å². The van der Waals surface area contributed by atoms with E-state index in [-0.39, 0.29) is 36.2 Å². The molecule has 1 unspecified atom stereocenters. The second-order valence-corrected chi connectivity index (χ2v) is 9.32. The molecule has 0 aromatic carbocycles. The van der Waals surface area contributed by atoms with Gasteiger partial charge in [-0.25, -0.2) is 0 Å². The van der Waals surface area contributed by atoms with E-state index >= 15 is 0 Å². The van der Waals surface area contributed by atoms with Gasteiger partial charge in [-0.3, -0.25) is 9.59 Å². The Balaban J connectivity index is 2.02. The maximum Gasteiger partial charge on any atom is 0.224 e. The van der Waals surface area contributed by atoms with Crippen LogP contribution in [0.3, 0.4) is 0 Å². The molecule has 1 aromatic heterocycles. The van der Waals surface area contributed by atoms with E-state index in [1.807, 2.05) is 0 Å². The highest BCUT2D eigenvalue weighted by Gasteiger charge is 2.38.